The molecule has 0 saturated carbocycles. The minimum atomic E-state index is -0.151. The van der Waals surface area contributed by atoms with Crippen molar-refractivity contribution in [2.45, 2.75) is 31.6 Å². The third-order valence-electron chi connectivity index (χ3n) is 3.53. The molecule has 1 atom stereocenters. The Morgan fingerprint density at radius 3 is 2.18 bits per heavy atom. The fraction of sp³-hybridized carbons (Fsp3) is 0.316. The van der Waals surface area contributed by atoms with E-state index < -0.39 is 0 Å². The number of unbranched alkanes of at least 4 members (excludes halogenated alkanes) is 2. The summed E-state index contributed by atoms with van der Waals surface area (Å²) in [4.78, 5) is 10.2. The zero-order valence-corrected chi connectivity index (χ0v) is 13.6. The molecule has 0 N–H and O–H groups in total. The second-order valence-corrected chi connectivity index (χ2v) is 5.79. The number of halogens is 1. The van der Waals surface area contributed by atoms with Crippen LogP contribution in [0.3, 0.4) is 0 Å². The number of alkyl halides is 1. The van der Waals surface area contributed by atoms with Crippen LogP contribution in [0.1, 0.15) is 41.3 Å². The van der Waals surface area contributed by atoms with Gasteiger partial charge < -0.3 is 9.53 Å². The van der Waals surface area contributed by atoms with Gasteiger partial charge in [-0.05, 0) is 43.0 Å². The molecule has 0 aromatic heterocycles. The molecule has 0 bridgehead atoms. The fourth-order valence-electron chi connectivity index (χ4n) is 2.18. The van der Waals surface area contributed by atoms with Crippen LogP contribution in [-0.2, 0) is 4.79 Å². The van der Waals surface area contributed by atoms with Crippen molar-refractivity contribution in [3.63, 3.8) is 0 Å². The second kappa shape index (κ2) is 8.60. The Labute approximate surface area is 137 Å². The Morgan fingerprint density at radius 2 is 1.59 bits per heavy atom. The van der Waals surface area contributed by atoms with E-state index in [0.717, 1.165) is 36.0 Å². The number of aryl methyl sites for hydroxylation is 1. The highest BCUT2D eigenvalue weighted by Crippen LogP contribution is 2.30. The summed E-state index contributed by atoms with van der Waals surface area (Å²) in [6, 6.07) is 16.1. The van der Waals surface area contributed by atoms with Gasteiger partial charge in [0.15, 0.2) is 0 Å². The maximum Gasteiger partial charge on any atom is 0.119 e. The predicted molar refractivity (Wildman–Crippen MR) is 90.7 cm³/mol. The molecule has 0 fully saturated rings. The number of rotatable bonds is 8. The number of carbonyl (C=O) groups is 1. The van der Waals surface area contributed by atoms with Gasteiger partial charge in [0.25, 0.3) is 0 Å². The Bertz CT molecular complexity index is 575. The summed E-state index contributed by atoms with van der Waals surface area (Å²) in [6.07, 6.45) is 3.31. The van der Waals surface area contributed by atoms with Gasteiger partial charge in [-0.3, -0.25) is 0 Å². The van der Waals surface area contributed by atoms with Gasteiger partial charge in [0.1, 0.15) is 12.0 Å². The van der Waals surface area contributed by atoms with Crippen LogP contribution in [-0.4, -0.2) is 12.9 Å². The average molecular weight is 317 g/mol. The molecule has 2 aromatic rings. The zero-order chi connectivity index (χ0) is 15.8. The van der Waals surface area contributed by atoms with Crippen molar-refractivity contribution in [3.8, 4) is 5.75 Å². The highest BCUT2D eigenvalue weighted by molar-refractivity contribution is 6.22. The maximum atomic E-state index is 10.2. The third-order valence-corrected chi connectivity index (χ3v) is 4.03. The van der Waals surface area contributed by atoms with Gasteiger partial charge in [0.2, 0.25) is 0 Å². The lowest BCUT2D eigenvalue weighted by Crippen LogP contribution is -1.98. The predicted octanol–water partition coefficient (Wildman–Crippen LogP) is 5.07. The first-order valence-corrected chi connectivity index (χ1v) is 8.01. The van der Waals surface area contributed by atoms with Crippen molar-refractivity contribution in [2.24, 2.45) is 0 Å². The molecule has 2 nitrogen and oxygen atoms in total. The zero-order valence-electron chi connectivity index (χ0n) is 12.8. The molecule has 0 aliphatic rings. The van der Waals surface area contributed by atoms with Gasteiger partial charge in [-0.1, -0.05) is 42.0 Å². The lowest BCUT2D eigenvalue weighted by atomic mass is 10.0. The summed E-state index contributed by atoms with van der Waals surface area (Å²) in [7, 11) is 0. The highest BCUT2D eigenvalue weighted by atomic mass is 35.5. The number of aldehydes is 1. The molecule has 1 unspecified atom stereocenters. The van der Waals surface area contributed by atoms with E-state index in [2.05, 4.69) is 31.2 Å². The molecular weight excluding hydrogens is 296 g/mol. The summed E-state index contributed by atoms with van der Waals surface area (Å²) >= 11 is 6.52. The normalized spacial score (nSPS) is 11.9. The number of carbonyl (C=O) groups excluding carboxylic acids is 1. The first-order valence-electron chi connectivity index (χ1n) is 7.58. The fourth-order valence-corrected chi connectivity index (χ4v) is 2.47. The summed E-state index contributed by atoms with van der Waals surface area (Å²) in [5.74, 6) is 0.836. The van der Waals surface area contributed by atoms with Crippen LogP contribution in [0.5, 0.6) is 5.75 Å². The van der Waals surface area contributed by atoms with Gasteiger partial charge in [0.05, 0.1) is 12.0 Å². The van der Waals surface area contributed by atoms with Crippen molar-refractivity contribution in [1.82, 2.24) is 0 Å². The smallest absolute Gasteiger partial charge is 0.119 e. The second-order valence-electron chi connectivity index (χ2n) is 5.35. The highest BCUT2D eigenvalue weighted by Gasteiger charge is 2.10. The van der Waals surface area contributed by atoms with Crippen LogP contribution >= 0.6 is 11.6 Å². The van der Waals surface area contributed by atoms with Crippen molar-refractivity contribution < 1.29 is 9.53 Å². The van der Waals surface area contributed by atoms with E-state index in [4.69, 9.17) is 16.3 Å². The summed E-state index contributed by atoms with van der Waals surface area (Å²) < 4.78 is 5.65. The van der Waals surface area contributed by atoms with Crippen LogP contribution in [0, 0.1) is 6.92 Å². The Morgan fingerprint density at radius 1 is 1.00 bits per heavy atom. The molecule has 0 radical (unpaired) electrons. The molecule has 0 aliphatic heterocycles. The van der Waals surface area contributed by atoms with Crippen molar-refractivity contribution in [3.05, 3.63) is 65.2 Å². The van der Waals surface area contributed by atoms with E-state index in [1.807, 2.05) is 24.3 Å². The van der Waals surface area contributed by atoms with Crippen LogP contribution in [0.2, 0.25) is 0 Å². The monoisotopic (exact) mass is 316 g/mol. The van der Waals surface area contributed by atoms with E-state index in [1.54, 1.807) is 0 Å². The van der Waals surface area contributed by atoms with Crippen molar-refractivity contribution >= 4 is 17.9 Å². The van der Waals surface area contributed by atoms with E-state index in [9.17, 15) is 4.79 Å². The lowest BCUT2D eigenvalue weighted by molar-refractivity contribution is -0.107. The molecule has 3 heteroatoms. The van der Waals surface area contributed by atoms with E-state index in [-0.39, 0.29) is 5.38 Å². The van der Waals surface area contributed by atoms with Crippen molar-refractivity contribution in [2.75, 3.05) is 6.61 Å². The van der Waals surface area contributed by atoms with Gasteiger partial charge in [0, 0.05) is 6.42 Å². The van der Waals surface area contributed by atoms with Crippen LogP contribution < -0.4 is 4.74 Å². The molecular formula is C19H21ClO2. The molecule has 0 saturated heterocycles. The summed E-state index contributed by atoms with van der Waals surface area (Å²) in [5, 5.41) is -0.151. The molecule has 116 valence electrons. The minimum Gasteiger partial charge on any atom is -0.494 e. The first-order chi connectivity index (χ1) is 10.7. The van der Waals surface area contributed by atoms with Gasteiger partial charge in [-0.2, -0.15) is 0 Å². The SMILES string of the molecule is Cc1ccc(C(Cl)c2ccc(OCCCCC=O)cc2)cc1. The van der Waals surface area contributed by atoms with Gasteiger partial charge >= 0.3 is 0 Å². The molecule has 0 heterocycles. The summed E-state index contributed by atoms with van der Waals surface area (Å²) in [6.45, 7) is 2.70. The quantitative estimate of drug-likeness (QED) is 0.386. The molecule has 22 heavy (non-hydrogen) atoms. The van der Waals surface area contributed by atoms with Crippen LogP contribution in [0.25, 0.3) is 0 Å². The average Bonchev–Trinajstić information content (AvgIpc) is 2.55. The largest absolute Gasteiger partial charge is 0.494 e. The minimum absolute atomic E-state index is 0.151. The topological polar surface area (TPSA) is 26.3 Å². The molecule has 0 aliphatic carbocycles. The summed E-state index contributed by atoms with van der Waals surface area (Å²) in [5.41, 5.74) is 3.37. The Hall–Kier alpha value is -1.80. The maximum absolute atomic E-state index is 10.2. The molecule has 0 amide bonds. The molecule has 2 aromatic carbocycles. The van der Waals surface area contributed by atoms with Crippen LogP contribution in [0.15, 0.2) is 48.5 Å². The Kier molecular flexibility index (Phi) is 6.47. The first kappa shape index (κ1) is 16.6. The molecule has 0 spiro atoms. The standard InChI is InChI=1S/C19H21ClO2/c1-15-5-7-16(8-6-15)19(20)17-9-11-18(12-10-17)22-14-4-2-3-13-21/h5-13,19H,2-4,14H2,1H3. The Balaban J connectivity index is 1.90. The van der Waals surface area contributed by atoms with Gasteiger partial charge in [-0.15, -0.1) is 11.6 Å². The van der Waals surface area contributed by atoms with Crippen molar-refractivity contribution in [1.29, 1.82) is 0 Å². The number of hydrogen-bond donors (Lipinski definition) is 0. The number of hydrogen-bond acceptors (Lipinski definition) is 2. The third kappa shape index (κ3) is 4.88. The van der Waals surface area contributed by atoms with Crippen LogP contribution in [0.4, 0.5) is 0 Å². The molecule has 2 rings (SSSR count). The van der Waals surface area contributed by atoms with E-state index >= 15 is 0 Å². The van der Waals surface area contributed by atoms with E-state index in [0.29, 0.717) is 13.0 Å². The van der Waals surface area contributed by atoms with Gasteiger partial charge in [-0.25, -0.2) is 0 Å². The number of ether oxygens (including phenoxy) is 1. The number of benzene rings is 2. The lowest BCUT2D eigenvalue weighted by Gasteiger charge is -2.12. The van der Waals surface area contributed by atoms with E-state index in [1.165, 1.54) is 5.56 Å².